The van der Waals surface area contributed by atoms with Gasteiger partial charge in [-0.1, -0.05) is 0 Å². The van der Waals surface area contributed by atoms with E-state index in [4.69, 9.17) is 11.5 Å². The topological polar surface area (TPSA) is 111 Å². The van der Waals surface area contributed by atoms with Crippen LogP contribution in [0.5, 0.6) is 0 Å². The Balaban J connectivity index is 2.31. The van der Waals surface area contributed by atoms with Gasteiger partial charge in [-0.2, -0.15) is 13.2 Å². The number of primary amides is 1. The third-order valence-electron chi connectivity index (χ3n) is 2.91. The lowest BCUT2D eigenvalue weighted by atomic mass is 10.1. The van der Waals surface area contributed by atoms with Crippen LogP contribution in [0.4, 0.5) is 24.5 Å². The molecular weight excluding hydrogens is 313 g/mol. The number of hydrogen-bond donors (Lipinski definition) is 3. The summed E-state index contributed by atoms with van der Waals surface area (Å²) >= 11 is 0. The highest BCUT2D eigenvalue weighted by Gasteiger charge is 2.31. The summed E-state index contributed by atoms with van der Waals surface area (Å²) in [4.78, 5) is 26.8. The van der Waals surface area contributed by atoms with Crippen LogP contribution in [0, 0.1) is 0 Å². The largest absolute Gasteiger partial charge is 0.416 e. The summed E-state index contributed by atoms with van der Waals surface area (Å²) in [6, 6.07) is 3.67. The Morgan fingerprint density at radius 2 is 1.83 bits per heavy atom. The Bertz CT molecular complexity index is 775. The summed E-state index contributed by atoms with van der Waals surface area (Å²) in [5, 5.41) is 2.32. The van der Waals surface area contributed by atoms with Gasteiger partial charge in [0, 0.05) is 11.9 Å². The Hall–Kier alpha value is -3.10. The third-order valence-corrected chi connectivity index (χ3v) is 2.91. The summed E-state index contributed by atoms with van der Waals surface area (Å²) in [5.41, 5.74) is 9.31. The first-order valence-corrected chi connectivity index (χ1v) is 6.21. The average molecular weight is 324 g/mol. The van der Waals surface area contributed by atoms with Gasteiger partial charge in [0.1, 0.15) is 0 Å². The van der Waals surface area contributed by atoms with Gasteiger partial charge in [-0.05, 0) is 24.3 Å². The summed E-state index contributed by atoms with van der Waals surface area (Å²) in [7, 11) is 0. The quantitative estimate of drug-likeness (QED) is 0.750. The molecule has 0 saturated heterocycles. The highest BCUT2D eigenvalue weighted by Crippen LogP contribution is 2.31. The van der Waals surface area contributed by atoms with Crippen molar-refractivity contribution in [2.45, 2.75) is 6.18 Å². The Kier molecular flexibility index (Phi) is 4.21. The number of nitrogens with zero attached hydrogens (tertiary/aromatic N) is 1. The number of nitrogen functional groups attached to an aromatic ring is 1. The van der Waals surface area contributed by atoms with Crippen molar-refractivity contribution in [3.8, 4) is 0 Å². The second-order valence-corrected chi connectivity index (χ2v) is 4.58. The SMILES string of the molecule is NC(=O)c1cncc(NC(=O)c2cc(C(F)(F)F)ccc2N)c1. The first-order valence-electron chi connectivity index (χ1n) is 6.21. The number of benzene rings is 1. The smallest absolute Gasteiger partial charge is 0.398 e. The Morgan fingerprint density at radius 1 is 1.13 bits per heavy atom. The molecule has 0 bridgehead atoms. The molecule has 2 amide bonds. The van der Waals surface area contributed by atoms with E-state index in [-0.39, 0.29) is 22.5 Å². The molecule has 0 spiro atoms. The lowest BCUT2D eigenvalue weighted by molar-refractivity contribution is -0.137. The lowest BCUT2D eigenvalue weighted by Crippen LogP contribution is -2.17. The number of rotatable bonds is 3. The number of halogens is 3. The first-order chi connectivity index (χ1) is 10.7. The van der Waals surface area contributed by atoms with Gasteiger partial charge in [0.25, 0.3) is 5.91 Å². The monoisotopic (exact) mass is 324 g/mol. The highest BCUT2D eigenvalue weighted by atomic mass is 19.4. The molecule has 0 aliphatic rings. The van der Waals surface area contributed by atoms with E-state index in [1.54, 1.807) is 0 Å². The average Bonchev–Trinajstić information content (AvgIpc) is 2.46. The van der Waals surface area contributed by atoms with E-state index in [1.807, 2.05) is 0 Å². The summed E-state index contributed by atoms with van der Waals surface area (Å²) in [6.07, 6.45) is -2.19. The van der Waals surface area contributed by atoms with Gasteiger partial charge in [-0.3, -0.25) is 14.6 Å². The molecule has 1 aromatic heterocycles. The van der Waals surface area contributed by atoms with Crippen molar-refractivity contribution < 1.29 is 22.8 Å². The molecular formula is C14H11F3N4O2. The first kappa shape index (κ1) is 16.3. The number of carbonyl (C=O) groups is 2. The maximum absolute atomic E-state index is 12.7. The van der Waals surface area contributed by atoms with Crippen molar-refractivity contribution in [2.75, 3.05) is 11.1 Å². The number of anilines is 2. The van der Waals surface area contributed by atoms with E-state index in [0.717, 1.165) is 12.1 Å². The van der Waals surface area contributed by atoms with Gasteiger partial charge in [-0.15, -0.1) is 0 Å². The van der Waals surface area contributed by atoms with Crippen molar-refractivity contribution in [3.63, 3.8) is 0 Å². The standard InChI is InChI=1S/C14H11F3N4O2/c15-14(16,17)8-1-2-11(18)10(4-8)13(23)21-9-3-7(12(19)22)5-20-6-9/h1-6H,18H2,(H2,19,22)(H,21,23). The molecule has 0 aliphatic carbocycles. The highest BCUT2D eigenvalue weighted by molar-refractivity contribution is 6.08. The van der Waals surface area contributed by atoms with Gasteiger partial charge in [0.15, 0.2) is 0 Å². The zero-order chi connectivity index (χ0) is 17.2. The molecule has 0 fully saturated rings. The molecule has 9 heteroatoms. The second-order valence-electron chi connectivity index (χ2n) is 4.58. The van der Waals surface area contributed by atoms with Crippen LogP contribution in [0.25, 0.3) is 0 Å². The van der Waals surface area contributed by atoms with E-state index in [2.05, 4.69) is 10.3 Å². The molecule has 0 atom stereocenters. The number of aromatic nitrogens is 1. The van der Waals surface area contributed by atoms with Crippen LogP contribution in [-0.2, 0) is 6.18 Å². The molecule has 0 aliphatic heterocycles. The number of nitrogens with two attached hydrogens (primary N) is 2. The van der Waals surface area contributed by atoms with Crippen LogP contribution >= 0.6 is 0 Å². The van der Waals surface area contributed by atoms with Crippen molar-refractivity contribution in [1.29, 1.82) is 0 Å². The fourth-order valence-corrected chi connectivity index (χ4v) is 1.77. The summed E-state index contributed by atoms with van der Waals surface area (Å²) in [6.45, 7) is 0. The molecule has 1 aromatic carbocycles. The fourth-order valence-electron chi connectivity index (χ4n) is 1.77. The van der Waals surface area contributed by atoms with Gasteiger partial charge in [0.2, 0.25) is 5.91 Å². The minimum Gasteiger partial charge on any atom is -0.398 e. The molecule has 0 unspecified atom stereocenters. The maximum Gasteiger partial charge on any atom is 0.416 e. The Labute approximate surface area is 128 Å². The van der Waals surface area contributed by atoms with Crippen molar-refractivity contribution >= 4 is 23.2 Å². The number of carbonyl (C=O) groups excluding carboxylic acids is 2. The zero-order valence-electron chi connectivity index (χ0n) is 11.5. The number of amides is 2. The van der Waals surface area contributed by atoms with Crippen LogP contribution in [0.2, 0.25) is 0 Å². The molecule has 2 aromatic rings. The molecule has 5 N–H and O–H groups in total. The van der Waals surface area contributed by atoms with Crippen LogP contribution in [0.3, 0.4) is 0 Å². The lowest BCUT2D eigenvalue weighted by Gasteiger charge is -2.11. The van der Waals surface area contributed by atoms with Crippen LogP contribution < -0.4 is 16.8 Å². The maximum atomic E-state index is 12.7. The Morgan fingerprint density at radius 3 is 2.43 bits per heavy atom. The van der Waals surface area contributed by atoms with E-state index < -0.39 is 23.6 Å². The zero-order valence-corrected chi connectivity index (χ0v) is 11.5. The predicted molar refractivity (Wildman–Crippen MR) is 76.6 cm³/mol. The molecule has 6 nitrogen and oxygen atoms in total. The molecule has 120 valence electrons. The minimum absolute atomic E-state index is 0.0415. The van der Waals surface area contributed by atoms with Crippen LogP contribution in [0.1, 0.15) is 26.3 Å². The van der Waals surface area contributed by atoms with Gasteiger partial charge in [0.05, 0.1) is 28.6 Å². The van der Waals surface area contributed by atoms with Crippen LogP contribution in [-0.4, -0.2) is 16.8 Å². The number of hydrogen-bond acceptors (Lipinski definition) is 4. The minimum atomic E-state index is -4.60. The van der Waals surface area contributed by atoms with E-state index in [1.165, 1.54) is 18.5 Å². The molecule has 0 saturated carbocycles. The summed E-state index contributed by atoms with van der Waals surface area (Å²) < 4.78 is 38.1. The molecule has 1 heterocycles. The number of pyridine rings is 1. The van der Waals surface area contributed by atoms with Crippen molar-refractivity contribution in [2.24, 2.45) is 5.73 Å². The molecule has 0 radical (unpaired) electrons. The van der Waals surface area contributed by atoms with Crippen molar-refractivity contribution in [3.05, 3.63) is 53.3 Å². The summed E-state index contributed by atoms with van der Waals surface area (Å²) in [5.74, 6) is -1.62. The predicted octanol–water partition coefficient (Wildman–Crippen LogP) is 2.03. The van der Waals surface area contributed by atoms with Crippen LogP contribution in [0.15, 0.2) is 36.7 Å². The molecule has 23 heavy (non-hydrogen) atoms. The third kappa shape index (κ3) is 3.76. The normalized spacial score (nSPS) is 11.1. The van der Waals surface area contributed by atoms with Gasteiger partial charge < -0.3 is 16.8 Å². The fraction of sp³-hybridized carbons (Fsp3) is 0.0714. The van der Waals surface area contributed by atoms with Gasteiger partial charge in [-0.25, -0.2) is 0 Å². The van der Waals surface area contributed by atoms with Gasteiger partial charge >= 0.3 is 6.18 Å². The van der Waals surface area contributed by atoms with Crippen molar-refractivity contribution in [1.82, 2.24) is 4.98 Å². The van der Waals surface area contributed by atoms with E-state index in [9.17, 15) is 22.8 Å². The second kappa shape index (κ2) is 5.95. The number of nitrogens with one attached hydrogen (secondary N) is 1. The number of alkyl halides is 3. The van der Waals surface area contributed by atoms with E-state index in [0.29, 0.717) is 6.07 Å². The molecule has 2 rings (SSSR count). The van der Waals surface area contributed by atoms with E-state index >= 15 is 0 Å².